The van der Waals surface area contributed by atoms with E-state index in [0.717, 1.165) is 24.8 Å². The zero-order valence-corrected chi connectivity index (χ0v) is 16.9. The first kappa shape index (κ1) is 24.1. The molecule has 0 aliphatic heterocycles. The number of allylic oxidation sites excluding steroid dienone is 8. The number of carbonyl (C=O) groups is 2. The van der Waals surface area contributed by atoms with E-state index in [4.69, 9.17) is 14.9 Å². The Morgan fingerprint density at radius 3 is 2.61 bits per heavy atom. The Kier molecular flexibility index (Phi) is 12.9. The van der Waals surface area contributed by atoms with Gasteiger partial charge in [-0.1, -0.05) is 56.2 Å². The van der Waals surface area contributed by atoms with Crippen LogP contribution in [0.3, 0.4) is 0 Å². The van der Waals surface area contributed by atoms with Gasteiger partial charge in [-0.25, -0.2) is 0 Å². The van der Waals surface area contributed by atoms with E-state index in [-0.39, 0.29) is 31.3 Å². The molecule has 5 heteroatoms. The van der Waals surface area contributed by atoms with Crippen LogP contribution in [-0.2, 0) is 14.3 Å². The average Bonchev–Trinajstić information content (AvgIpc) is 3.05. The van der Waals surface area contributed by atoms with Gasteiger partial charge in [0.2, 0.25) is 0 Å². The van der Waals surface area contributed by atoms with Gasteiger partial charge in [0.25, 0.3) is 0 Å². The summed E-state index contributed by atoms with van der Waals surface area (Å²) in [5.41, 5.74) is 0.832. The summed E-state index contributed by atoms with van der Waals surface area (Å²) in [7, 11) is 0. The smallest absolute Gasteiger partial charge is 0.306 e. The van der Waals surface area contributed by atoms with Gasteiger partial charge in [-0.05, 0) is 38.2 Å². The van der Waals surface area contributed by atoms with Crippen molar-refractivity contribution in [3.63, 3.8) is 0 Å². The average molecular weight is 391 g/mol. The van der Waals surface area contributed by atoms with E-state index in [2.05, 4.69) is 13.0 Å². The first-order valence-electron chi connectivity index (χ1n) is 10.3. The molecule has 0 heterocycles. The van der Waals surface area contributed by atoms with Gasteiger partial charge in [-0.3, -0.25) is 9.59 Å². The van der Waals surface area contributed by atoms with Crippen LogP contribution < -0.4 is 0 Å². The van der Waals surface area contributed by atoms with Crippen molar-refractivity contribution < 1.29 is 24.5 Å². The minimum Gasteiger partial charge on any atom is -0.457 e. The molecule has 1 rings (SSSR count). The molecule has 0 saturated carbocycles. The van der Waals surface area contributed by atoms with Gasteiger partial charge in [0.15, 0.2) is 5.78 Å². The molecule has 0 aromatic rings. The van der Waals surface area contributed by atoms with E-state index in [9.17, 15) is 9.59 Å². The van der Waals surface area contributed by atoms with Crippen LogP contribution in [0.15, 0.2) is 48.1 Å². The fraction of sp³-hybridized carbons (Fsp3) is 0.565. The van der Waals surface area contributed by atoms with Gasteiger partial charge in [-0.2, -0.15) is 0 Å². The highest BCUT2D eigenvalue weighted by Gasteiger charge is 2.20. The lowest BCUT2D eigenvalue weighted by molar-refractivity contribution is -0.153. The third-order valence-corrected chi connectivity index (χ3v) is 4.56. The van der Waals surface area contributed by atoms with Gasteiger partial charge in [0, 0.05) is 17.9 Å². The maximum absolute atomic E-state index is 12.0. The lowest BCUT2D eigenvalue weighted by atomic mass is 9.97. The zero-order valence-electron chi connectivity index (χ0n) is 16.9. The summed E-state index contributed by atoms with van der Waals surface area (Å²) >= 11 is 0. The molecule has 156 valence electrons. The highest BCUT2D eigenvalue weighted by molar-refractivity contribution is 6.07. The molecule has 0 bridgehead atoms. The molecule has 0 radical (unpaired) electrons. The predicted octanol–water partition coefficient (Wildman–Crippen LogP) is 3.82. The number of aliphatic hydroxyl groups excluding tert-OH is 2. The molecule has 0 aromatic heterocycles. The van der Waals surface area contributed by atoms with Gasteiger partial charge in [0.05, 0.1) is 13.2 Å². The van der Waals surface area contributed by atoms with Crippen LogP contribution in [0.25, 0.3) is 0 Å². The van der Waals surface area contributed by atoms with E-state index < -0.39 is 12.1 Å². The quantitative estimate of drug-likeness (QED) is 0.204. The second-order valence-corrected chi connectivity index (χ2v) is 6.95. The molecular weight excluding hydrogens is 356 g/mol. The Morgan fingerprint density at radius 2 is 1.89 bits per heavy atom. The van der Waals surface area contributed by atoms with Crippen molar-refractivity contribution in [3.05, 3.63) is 48.1 Å². The number of hydrogen-bond donors (Lipinski definition) is 2. The van der Waals surface area contributed by atoms with Gasteiger partial charge in [-0.15, -0.1) is 0 Å². The van der Waals surface area contributed by atoms with Crippen LogP contribution in [0.2, 0.25) is 0 Å². The SMILES string of the molecule is CCCCC/C=C\C=C1\C(=O)C=C[C@@H]1C/C=C\CCCC(=O)OC(CO)CO. The summed E-state index contributed by atoms with van der Waals surface area (Å²) < 4.78 is 4.91. The van der Waals surface area contributed by atoms with E-state index in [1.54, 1.807) is 6.08 Å². The molecule has 28 heavy (non-hydrogen) atoms. The zero-order chi connectivity index (χ0) is 20.6. The number of esters is 1. The number of ketones is 1. The first-order valence-corrected chi connectivity index (χ1v) is 10.3. The number of aliphatic hydroxyl groups is 2. The summed E-state index contributed by atoms with van der Waals surface area (Å²) in [6.07, 6.45) is 19.9. The molecule has 0 saturated heterocycles. The van der Waals surface area contributed by atoms with Crippen molar-refractivity contribution in [2.75, 3.05) is 13.2 Å². The topological polar surface area (TPSA) is 83.8 Å². The van der Waals surface area contributed by atoms with Crippen molar-refractivity contribution >= 4 is 11.8 Å². The second-order valence-electron chi connectivity index (χ2n) is 6.95. The minimum atomic E-state index is -0.833. The van der Waals surface area contributed by atoms with Crippen LogP contribution in [0.4, 0.5) is 0 Å². The summed E-state index contributed by atoms with van der Waals surface area (Å²) in [6.45, 7) is 1.43. The molecule has 1 atom stereocenters. The standard InChI is InChI=1S/C23H34O5/c1-2-3-4-5-6-10-13-21-19(15-16-22(21)26)12-9-7-8-11-14-23(27)28-20(17-24)18-25/h6-7,9-10,13,15-16,19-20,24-25H,2-5,8,11-12,14,17-18H2,1H3/b9-7-,10-6-,21-13+/t19-/m0/s1. The molecule has 0 spiro atoms. The van der Waals surface area contributed by atoms with Crippen LogP contribution in [0, 0.1) is 5.92 Å². The third kappa shape index (κ3) is 9.81. The Balaban J connectivity index is 2.31. The monoisotopic (exact) mass is 390 g/mol. The maximum atomic E-state index is 12.0. The highest BCUT2D eigenvalue weighted by Crippen LogP contribution is 2.25. The van der Waals surface area contributed by atoms with Gasteiger partial charge >= 0.3 is 5.97 Å². The van der Waals surface area contributed by atoms with Crippen LogP contribution in [-0.4, -0.2) is 41.3 Å². The Hall–Kier alpha value is -1.98. The maximum Gasteiger partial charge on any atom is 0.306 e. The number of unbranched alkanes of at least 4 members (excludes halogenated alkanes) is 4. The number of carbonyl (C=O) groups excluding carboxylic acids is 2. The van der Waals surface area contributed by atoms with Crippen LogP contribution in [0.5, 0.6) is 0 Å². The molecule has 0 fully saturated rings. The van der Waals surface area contributed by atoms with E-state index in [0.29, 0.717) is 6.42 Å². The molecule has 0 amide bonds. The third-order valence-electron chi connectivity index (χ3n) is 4.56. The van der Waals surface area contributed by atoms with Crippen molar-refractivity contribution in [1.82, 2.24) is 0 Å². The second kappa shape index (κ2) is 15.0. The van der Waals surface area contributed by atoms with Gasteiger partial charge in [0.1, 0.15) is 6.10 Å². The number of ether oxygens (including phenoxy) is 1. The van der Waals surface area contributed by atoms with Gasteiger partial charge < -0.3 is 14.9 Å². The Bertz CT molecular complexity index is 582. The molecule has 1 aliphatic rings. The molecule has 5 nitrogen and oxygen atoms in total. The lowest BCUT2D eigenvalue weighted by Gasteiger charge is -2.12. The van der Waals surface area contributed by atoms with E-state index in [1.807, 2.05) is 30.4 Å². The molecular formula is C23H34O5. The molecule has 1 aliphatic carbocycles. The Labute approximate surface area is 168 Å². The van der Waals surface area contributed by atoms with Crippen molar-refractivity contribution in [1.29, 1.82) is 0 Å². The van der Waals surface area contributed by atoms with Crippen molar-refractivity contribution in [2.24, 2.45) is 5.92 Å². The largest absolute Gasteiger partial charge is 0.457 e. The molecule has 0 aromatic carbocycles. The summed E-state index contributed by atoms with van der Waals surface area (Å²) in [5.74, 6) is -0.215. The van der Waals surface area contributed by atoms with E-state index in [1.165, 1.54) is 19.3 Å². The minimum absolute atomic E-state index is 0.0849. The number of rotatable bonds is 14. The number of hydrogen-bond acceptors (Lipinski definition) is 5. The fourth-order valence-electron chi connectivity index (χ4n) is 2.88. The Morgan fingerprint density at radius 1 is 1.14 bits per heavy atom. The lowest BCUT2D eigenvalue weighted by Crippen LogP contribution is -2.25. The molecule has 0 unspecified atom stereocenters. The molecule has 2 N–H and O–H groups in total. The fourth-order valence-corrected chi connectivity index (χ4v) is 2.88. The normalized spacial score (nSPS) is 18.4. The van der Waals surface area contributed by atoms with Crippen molar-refractivity contribution in [3.8, 4) is 0 Å². The van der Waals surface area contributed by atoms with E-state index >= 15 is 0 Å². The summed E-state index contributed by atoms with van der Waals surface area (Å²) in [4.78, 5) is 23.5. The highest BCUT2D eigenvalue weighted by atomic mass is 16.6. The predicted molar refractivity (Wildman–Crippen MR) is 111 cm³/mol. The summed E-state index contributed by atoms with van der Waals surface area (Å²) in [5, 5.41) is 17.8. The first-order chi connectivity index (χ1) is 13.6. The summed E-state index contributed by atoms with van der Waals surface area (Å²) in [6, 6.07) is 0. The van der Waals surface area contributed by atoms with Crippen molar-refractivity contribution in [2.45, 2.75) is 64.4 Å². The van der Waals surface area contributed by atoms with Crippen LogP contribution >= 0.6 is 0 Å². The van der Waals surface area contributed by atoms with Crippen LogP contribution in [0.1, 0.15) is 58.3 Å².